The monoisotopic (exact) mass is 139 g/mol. The zero-order valence-electron chi connectivity index (χ0n) is 5.81. The highest BCUT2D eigenvalue weighted by Gasteiger charge is 2.12. The first kappa shape index (κ1) is 7.10. The molecule has 1 rings (SSSR count). The Bertz CT molecular complexity index is 186. The van der Waals surface area contributed by atoms with Gasteiger partial charge >= 0.3 is 5.97 Å². The van der Waals surface area contributed by atoms with Crippen LogP contribution in [0.3, 0.4) is 0 Å². The first-order chi connectivity index (χ1) is 4.83. The van der Waals surface area contributed by atoms with E-state index in [1.165, 1.54) is 7.11 Å². The summed E-state index contributed by atoms with van der Waals surface area (Å²) < 4.78 is 4.33. The minimum absolute atomic E-state index is 0.207. The van der Waals surface area contributed by atoms with Gasteiger partial charge in [0.2, 0.25) is 0 Å². The summed E-state index contributed by atoms with van der Waals surface area (Å²) in [5, 5.41) is 3.04. The van der Waals surface area contributed by atoms with E-state index in [-0.39, 0.29) is 6.04 Å². The lowest BCUT2D eigenvalue weighted by molar-refractivity contribution is -0.133. The summed E-state index contributed by atoms with van der Waals surface area (Å²) in [4.78, 5) is 10.4. The molecule has 1 atom stereocenters. The fourth-order valence-corrected chi connectivity index (χ4v) is 0.609. The molecular weight excluding hydrogens is 130 g/mol. The van der Waals surface area contributed by atoms with Crippen LogP contribution in [0.5, 0.6) is 0 Å². The average molecular weight is 139 g/mol. The third-order valence-electron chi connectivity index (χ3n) is 1.36. The topological polar surface area (TPSA) is 38.3 Å². The largest absolute Gasteiger partial charge is 0.459 e. The number of ether oxygens (including phenoxy) is 1. The van der Waals surface area contributed by atoms with Gasteiger partial charge in [-0.15, -0.1) is 0 Å². The molecular formula is C7H9NO2. The van der Waals surface area contributed by atoms with Crippen LogP contribution in [0, 0.1) is 11.8 Å². The predicted octanol–water partition coefficient (Wildman–Crippen LogP) is -0.475. The molecule has 1 N–H and O–H groups in total. The molecule has 0 bridgehead atoms. The summed E-state index contributed by atoms with van der Waals surface area (Å²) >= 11 is 0. The normalized spacial score (nSPS) is 21.9. The Labute approximate surface area is 59.7 Å². The van der Waals surface area contributed by atoms with Crippen LogP contribution in [0.15, 0.2) is 0 Å². The van der Waals surface area contributed by atoms with Crippen LogP contribution in [0.1, 0.15) is 6.42 Å². The van der Waals surface area contributed by atoms with Crippen molar-refractivity contribution in [3.05, 3.63) is 0 Å². The molecule has 0 aromatic rings. The Balaban J connectivity index is 2.29. The molecule has 0 aromatic heterocycles. The van der Waals surface area contributed by atoms with Crippen molar-refractivity contribution >= 4 is 5.97 Å². The molecule has 1 heterocycles. The summed E-state index contributed by atoms with van der Waals surface area (Å²) in [6, 6.07) is 0.207. The highest BCUT2D eigenvalue weighted by atomic mass is 16.5. The van der Waals surface area contributed by atoms with Crippen LogP contribution in [0.2, 0.25) is 0 Å². The summed E-state index contributed by atoms with van der Waals surface area (Å²) in [6.07, 6.45) is 1.03. The fraction of sp³-hybridized carbons (Fsp3) is 0.571. The van der Waals surface area contributed by atoms with Gasteiger partial charge in [-0.05, 0) is 13.0 Å². The first-order valence-electron chi connectivity index (χ1n) is 3.16. The van der Waals surface area contributed by atoms with Crippen LogP contribution >= 0.6 is 0 Å². The quantitative estimate of drug-likeness (QED) is 0.280. The van der Waals surface area contributed by atoms with Gasteiger partial charge in [0, 0.05) is 5.92 Å². The van der Waals surface area contributed by atoms with Crippen LogP contribution in [-0.2, 0) is 9.53 Å². The van der Waals surface area contributed by atoms with Crippen LogP contribution in [0.4, 0.5) is 0 Å². The maximum absolute atomic E-state index is 10.4. The number of nitrogens with one attached hydrogen (secondary N) is 1. The molecule has 3 heteroatoms. The molecule has 10 heavy (non-hydrogen) atoms. The summed E-state index contributed by atoms with van der Waals surface area (Å²) in [6.45, 7) is 1.00. The third kappa shape index (κ3) is 1.74. The molecule has 1 aliphatic rings. The van der Waals surface area contributed by atoms with E-state index >= 15 is 0 Å². The molecule has 0 radical (unpaired) electrons. The Hall–Kier alpha value is -1.01. The Kier molecular flexibility index (Phi) is 2.30. The highest BCUT2D eigenvalue weighted by molar-refractivity contribution is 5.88. The molecule has 0 aliphatic carbocycles. The standard InChI is InChI=1S/C7H9NO2/c1-10-7(9)3-2-6-4-5-8-6/h6,8H,4-5H2,1H3. The van der Waals surface area contributed by atoms with E-state index in [0.29, 0.717) is 0 Å². The van der Waals surface area contributed by atoms with Gasteiger partial charge in [-0.2, -0.15) is 0 Å². The van der Waals surface area contributed by atoms with Crippen molar-refractivity contribution in [2.24, 2.45) is 0 Å². The SMILES string of the molecule is COC(=O)C#CC1CCN1. The summed E-state index contributed by atoms with van der Waals surface area (Å²) in [5.41, 5.74) is 0. The lowest BCUT2D eigenvalue weighted by Crippen LogP contribution is -2.41. The van der Waals surface area contributed by atoms with Gasteiger partial charge in [0.25, 0.3) is 0 Å². The van der Waals surface area contributed by atoms with Gasteiger partial charge < -0.3 is 10.1 Å². The Morgan fingerprint density at radius 3 is 2.90 bits per heavy atom. The smallest absolute Gasteiger partial charge is 0.384 e. The van der Waals surface area contributed by atoms with E-state index in [4.69, 9.17) is 0 Å². The second-order valence-corrected chi connectivity index (χ2v) is 2.06. The minimum atomic E-state index is -0.464. The fourth-order valence-electron chi connectivity index (χ4n) is 0.609. The number of rotatable bonds is 0. The minimum Gasteiger partial charge on any atom is -0.459 e. The van der Waals surface area contributed by atoms with Crippen LogP contribution in [-0.4, -0.2) is 25.7 Å². The molecule has 0 aromatic carbocycles. The second-order valence-electron chi connectivity index (χ2n) is 2.06. The molecule has 0 amide bonds. The summed E-state index contributed by atoms with van der Waals surface area (Å²) in [7, 11) is 1.32. The van der Waals surface area contributed by atoms with Gasteiger partial charge in [0.1, 0.15) is 0 Å². The second kappa shape index (κ2) is 3.23. The number of hydrogen-bond donors (Lipinski definition) is 1. The number of esters is 1. The van der Waals surface area contributed by atoms with Crippen LogP contribution in [0.25, 0.3) is 0 Å². The van der Waals surface area contributed by atoms with E-state index in [1.807, 2.05) is 0 Å². The zero-order valence-corrected chi connectivity index (χ0v) is 5.81. The molecule has 0 saturated carbocycles. The molecule has 0 spiro atoms. The lowest BCUT2D eigenvalue weighted by atomic mass is 10.1. The molecule has 1 fully saturated rings. The lowest BCUT2D eigenvalue weighted by Gasteiger charge is -2.21. The maximum Gasteiger partial charge on any atom is 0.384 e. The molecule has 54 valence electrons. The van der Waals surface area contributed by atoms with Crippen molar-refractivity contribution in [3.63, 3.8) is 0 Å². The number of carbonyl (C=O) groups is 1. The van der Waals surface area contributed by atoms with E-state index < -0.39 is 5.97 Å². The van der Waals surface area contributed by atoms with Gasteiger partial charge in [-0.3, -0.25) is 0 Å². The number of carbonyl (C=O) groups excluding carboxylic acids is 1. The van der Waals surface area contributed by atoms with Crippen molar-refractivity contribution in [2.45, 2.75) is 12.5 Å². The zero-order chi connectivity index (χ0) is 7.40. The number of methoxy groups -OCH3 is 1. The van der Waals surface area contributed by atoms with Crippen LogP contribution < -0.4 is 5.32 Å². The highest BCUT2D eigenvalue weighted by Crippen LogP contribution is 1.98. The average Bonchev–Trinajstić information content (AvgIpc) is 1.84. The van der Waals surface area contributed by atoms with Gasteiger partial charge in [0.15, 0.2) is 0 Å². The van der Waals surface area contributed by atoms with E-state index in [9.17, 15) is 4.79 Å². The van der Waals surface area contributed by atoms with Crippen molar-refractivity contribution in [2.75, 3.05) is 13.7 Å². The maximum atomic E-state index is 10.4. The van der Waals surface area contributed by atoms with E-state index in [1.54, 1.807) is 0 Å². The first-order valence-corrected chi connectivity index (χ1v) is 3.16. The number of hydrogen-bond acceptors (Lipinski definition) is 3. The predicted molar refractivity (Wildman–Crippen MR) is 36.2 cm³/mol. The molecule has 1 unspecified atom stereocenters. The third-order valence-corrected chi connectivity index (χ3v) is 1.36. The van der Waals surface area contributed by atoms with Crippen molar-refractivity contribution in [1.82, 2.24) is 5.32 Å². The van der Waals surface area contributed by atoms with Gasteiger partial charge in [0.05, 0.1) is 13.2 Å². The molecule has 3 nitrogen and oxygen atoms in total. The van der Waals surface area contributed by atoms with Crippen molar-refractivity contribution < 1.29 is 9.53 Å². The van der Waals surface area contributed by atoms with Gasteiger partial charge in [-0.25, -0.2) is 4.79 Å². The Morgan fingerprint density at radius 2 is 2.50 bits per heavy atom. The Morgan fingerprint density at radius 1 is 1.80 bits per heavy atom. The van der Waals surface area contributed by atoms with E-state index in [0.717, 1.165) is 13.0 Å². The molecule has 1 saturated heterocycles. The molecule has 1 aliphatic heterocycles. The van der Waals surface area contributed by atoms with Crippen molar-refractivity contribution in [1.29, 1.82) is 0 Å². The van der Waals surface area contributed by atoms with Gasteiger partial charge in [-0.1, -0.05) is 5.92 Å². The van der Waals surface area contributed by atoms with E-state index in [2.05, 4.69) is 21.9 Å². The van der Waals surface area contributed by atoms with Crippen molar-refractivity contribution in [3.8, 4) is 11.8 Å². The summed E-state index contributed by atoms with van der Waals surface area (Å²) in [5.74, 6) is 4.63.